The lowest BCUT2D eigenvalue weighted by atomic mass is 9.99. The summed E-state index contributed by atoms with van der Waals surface area (Å²) in [6, 6.07) is 5.44. The molecular formula is C17H24Cl2N2O3S2. The first kappa shape index (κ1) is 21.8. The highest BCUT2D eigenvalue weighted by molar-refractivity contribution is 7.98. The van der Waals surface area contributed by atoms with Gasteiger partial charge in [-0.2, -0.15) is 11.8 Å². The molecule has 146 valence electrons. The zero-order valence-electron chi connectivity index (χ0n) is 14.7. The van der Waals surface area contributed by atoms with Gasteiger partial charge in [0.15, 0.2) is 0 Å². The Bertz CT molecular complexity index is 729. The third kappa shape index (κ3) is 6.30. The molecule has 1 aromatic carbocycles. The van der Waals surface area contributed by atoms with Gasteiger partial charge in [-0.15, -0.1) is 0 Å². The molecule has 1 aromatic rings. The van der Waals surface area contributed by atoms with Crippen LogP contribution >= 0.6 is 35.0 Å². The Morgan fingerprint density at radius 3 is 2.85 bits per heavy atom. The van der Waals surface area contributed by atoms with Crippen LogP contribution in [0.5, 0.6) is 0 Å². The topological polar surface area (TPSA) is 66.5 Å². The van der Waals surface area contributed by atoms with Crippen LogP contribution in [0.1, 0.15) is 25.3 Å². The second kappa shape index (κ2) is 10.2. The summed E-state index contributed by atoms with van der Waals surface area (Å²) >= 11 is 13.7. The zero-order valence-corrected chi connectivity index (χ0v) is 17.9. The van der Waals surface area contributed by atoms with Crippen molar-refractivity contribution in [3.63, 3.8) is 0 Å². The van der Waals surface area contributed by atoms with Gasteiger partial charge in [-0.25, -0.2) is 12.7 Å². The molecule has 1 unspecified atom stereocenters. The number of thioether (sulfide) groups is 1. The number of carbonyl (C=O) groups excluding carboxylic acids is 1. The number of amides is 1. The molecule has 1 heterocycles. The molecule has 5 nitrogen and oxygen atoms in total. The Balaban J connectivity index is 1.71. The summed E-state index contributed by atoms with van der Waals surface area (Å²) in [4.78, 5) is 12.3. The van der Waals surface area contributed by atoms with Crippen molar-refractivity contribution >= 4 is 50.9 Å². The summed E-state index contributed by atoms with van der Waals surface area (Å²) in [6.45, 7) is 2.97. The second-order valence-electron chi connectivity index (χ2n) is 6.18. The van der Waals surface area contributed by atoms with Gasteiger partial charge in [-0.05, 0) is 37.5 Å². The van der Waals surface area contributed by atoms with E-state index in [4.69, 9.17) is 23.2 Å². The predicted octanol–water partition coefficient (Wildman–Crippen LogP) is 3.40. The fourth-order valence-corrected chi connectivity index (χ4v) is 5.40. The summed E-state index contributed by atoms with van der Waals surface area (Å²) in [5.41, 5.74) is 1.01. The van der Waals surface area contributed by atoms with E-state index in [1.807, 2.05) is 12.1 Å². The van der Waals surface area contributed by atoms with E-state index < -0.39 is 10.0 Å². The summed E-state index contributed by atoms with van der Waals surface area (Å²) < 4.78 is 25.4. The highest BCUT2D eigenvalue weighted by atomic mass is 35.5. The smallest absolute Gasteiger partial charge is 0.224 e. The van der Waals surface area contributed by atoms with Crippen LogP contribution in [0.3, 0.4) is 0 Å². The van der Waals surface area contributed by atoms with Crippen molar-refractivity contribution in [3.8, 4) is 0 Å². The molecule has 9 heteroatoms. The van der Waals surface area contributed by atoms with Crippen LogP contribution in [-0.2, 0) is 20.6 Å². The minimum atomic E-state index is -3.23. The molecule has 0 aromatic heterocycles. The first-order valence-electron chi connectivity index (χ1n) is 8.60. The van der Waals surface area contributed by atoms with Crippen LogP contribution in [0, 0.1) is 5.92 Å². The van der Waals surface area contributed by atoms with Crippen LogP contribution in [0.4, 0.5) is 0 Å². The zero-order chi connectivity index (χ0) is 19.2. The molecule has 1 fully saturated rings. The number of nitrogens with zero attached hydrogens (tertiary/aromatic N) is 1. The Morgan fingerprint density at radius 1 is 1.38 bits per heavy atom. The molecule has 0 spiro atoms. The van der Waals surface area contributed by atoms with Crippen molar-refractivity contribution in [2.24, 2.45) is 5.92 Å². The minimum absolute atomic E-state index is 0.0638. The van der Waals surface area contributed by atoms with E-state index in [-0.39, 0.29) is 24.1 Å². The van der Waals surface area contributed by atoms with Crippen LogP contribution < -0.4 is 5.32 Å². The minimum Gasteiger partial charge on any atom is -0.355 e. The average Bonchev–Trinajstić information content (AvgIpc) is 2.63. The van der Waals surface area contributed by atoms with E-state index in [1.54, 1.807) is 24.8 Å². The largest absolute Gasteiger partial charge is 0.355 e. The fourth-order valence-electron chi connectivity index (χ4n) is 2.80. The highest BCUT2D eigenvalue weighted by Crippen LogP contribution is 2.24. The predicted molar refractivity (Wildman–Crippen MR) is 109 cm³/mol. The summed E-state index contributed by atoms with van der Waals surface area (Å²) in [7, 11) is -3.23. The Kier molecular flexibility index (Phi) is 8.54. The number of benzene rings is 1. The van der Waals surface area contributed by atoms with Gasteiger partial charge in [0.25, 0.3) is 0 Å². The van der Waals surface area contributed by atoms with Gasteiger partial charge in [0.2, 0.25) is 15.9 Å². The molecule has 1 aliphatic heterocycles. The summed E-state index contributed by atoms with van der Waals surface area (Å²) in [5, 5.41) is 4.18. The SMILES string of the molecule is CCS(=O)(=O)N1CCCC(C(=O)NCCSCc2ccc(Cl)cc2Cl)C1. The van der Waals surface area contributed by atoms with Gasteiger partial charge in [0.05, 0.1) is 11.7 Å². The van der Waals surface area contributed by atoms with E-state index in [0.717, 1.165) is 29.9 Å². The van der Waals surface area contributed by atoms with Crippen LogP contribution in [-0.4, -0.2) is 49.8 Å². The lowest BCUT2D eigenvalue weighted by Gasteiger charge is -2.30. The molecular weight excluding hydrogens is 415 g/mol. The van der Waals surface area contributed by atoms with Gasteiger partial charge in [-0.1, -0.05) is 29.3 Å². The fraction of sp³-hybridized carbons (Fsp3) is 0.588. The van der Waals surface area contributed by atoms with E-state index in [1.165, 1.54) is 4.31 Å². The first-order chi connectivity index (χ1) is 12.3. The van der Waals surface area contributed by atoms with Crippen molar-refractivity contribution in [1.29, 1.82) is 0 Å². The van der Waals surface area contributed by atoms with Gasteiger partial charge in [0.1, 0.15) is 0 Å². The van der Waals surface area contributed by atoms with Gasteiger partial charge >= 0.3 is 0 Å². The van der Waals surface area contributed by atoms with Crippen LogP contribution in [0.25, 0.3) is 0 Å². The van der Waals surface area contributed by atoms with E-state index in [0.29, 0.717) is 23.1 Å². The maximum atomic E-state index is 12.3. The normalized spacial score (nSPS) is 18.7. The van der Waals surface area contributed by atoms with E-state index >= 15 is 0 Å². The number of sulfonamides is 1. The molecule has 0 aliphatic carbocycles. The highest BCUT2D eigenvalue weighted by Gasteiger charge is 2.31. The summed E-state index contributed by atoms with van der Waals surface area (Å²) in [6.07, 6.45) is 1.45. The van der Waals surface area contributed by atoms with Crippen molar-refractivity contribution in [1.82, 2.24) is 9.62 Å². The van der Waals surface area contributed by atoms with E-state index in [9.17, 15) is 13.2 Å². The standard InChI is InChI=1S/C17H24Cl2N2O3S2/c1-2-26(23,24)21-8-3-4-13(11-21)17(22)20-7-9-25-12-14-5-6-15(18)10-16(14)19/h5-6,10,13H,2-4,7-9,11-12H2,1H3,(H,20,22). The molecule has 1 aliphatic rings. The third-order valence-electron chi connectivity index (χ3n) is 4.33. The molecule has 26 heavy (non-hydrogen) atoms. The van der Waals surface area contributed by atoms with Gasteiger partial charge in [0, 0.05) is 41.2 Å². The van der Waals surface area contributed by atoms with Crippen LogP contribution in [0.2, 0.25) is 10.0 Å². The molecule has 0 saturated carbocycles. The van der Waals surface area contributed by atoms with Crippen molar-refractivity contribution < 1.29 is 13.2 Å². The Hall–Kier alpha value is -0.470. The molecule has 2 rings (SSSR count). The Morgan fingerprint density at radius 2 is 2.15 bits per heavy atom. The number of carbonyl (C=O) groups is 1. The second-order valence-corrected chi connectivity index (χ2v) is 10.4. The third-order valence-corrected chi connectivity index (χ3v) is 7.77. The molecule has 1 atom stereocenters. The number of hydrogen-bond donors (Lipinski definition) is 1. The maximum Gasteiger partial charge on any atom is 0.224 e. The summed E-state index contributed by atoms with van der Waals surface area (Å²) in [5.74, 6) is 1.25. The number of rotatable bonds is 8. The monoisotopic (exact) mass is 438 g/mol. The molecule has 1 amide bonds. The van der Waals surface area contributed by atoms with Crippen molar-refractivity contribution in [2.45, 2.75) is 25.5 Å². The lowest BCUT2D eigenvalue weighted by Crippen LogP contribution is -2.46. The molecule has 0 radical (unpaired) electrons. The molecule has 1 saturated heterocycles. The van der Waals surface area contributed by atoms with Gasteiger partial charge < -0.3 is 5.32 Å². The van der Waals surface area contributed by atoms with Crippen molar-refractivity contribution in [3.05, 3.63) is 33.8 Å². The molecule has 1 N–H and O–H groups in total. The number of halogens is 2. The van der Waals surface area contributed by atoms with E-state index in [2.05, 4.69) is 5.32 Å². The average molecular weight is 439 g/mol. The number of piperidine rings is 1. The van der Waals surface area contributed by atoms with Crippen molar-refractivity contribution in [2.75, 3.05) is 31.1 Å². The van der Waals surface area contributed by atoms with Gasteiger partial charge in [-0.3, -0.25) is 4.79 Å². The quantitative estimate of drug-likeness (QED) is 0.631. The van der Waals surface area contributed by atoms with Crippen LogP contribution in [0.15, 0.2) is 18.2 Å². The lowest BCUT2D eigenvalue weighted by molar-refractivity contribution is -0.125. The number of nitrogens with one attached hydrogen (secondary N) is 1. The number of hydrogen-bond acceptors (Lipinski definition) is 4. The molecule has 0 bridgehead atoms. The maximum absolute atomic E-state index is 12.3. The first-order valence-corrected chi connectivity index (χ1v) is 12.1. The Labute approximate surface area is 169 Å².